The smallest absolute Gasteiger partial charge is 0.354 e. The van der Waals surface area contributed by atoms with Crippen LogP contribution < -0.4 is 15.1 Å². The van der Waals surface area contributed by atoms with Crippen LogP contribution in [0.15, 0.2) is 97.8 Å². The van der Waals surface area contributed by atoms with E-state index in [4.69, 9.17) is 37.3 Å². The summed E-state index contributed by atoms with van der Waals surface area (Å²) in [6, 6.07) is 14.4. The van der Waals surface area contributed by atoms with Crippen molar-refractivity contribution in [3.8, 4) is 11.5 Å². The maximum absolute atomic E-state index is 11.6. The Labute approximate surface area is 286 Å². The highest BCUT2D eigenvalue weighted by Gasteiger charge is 2.55. The molecule has 3 aliphatic heterocycles. The Morgan fingerprint density at radius 2 is 1.49 bits per heavy atom. The number of fused-ring (bicyclic) bond motifs is 3. The number of ether oxygens (including phenoxy) is 6. The quantitative estimate of drug-likeness (QED) is 0.0832. The van der Waals surface area contributed by atoms with Gasteiger partial charge in [-0.1, -0.05) is 11.1 Å². The standard InChI is InChI=1S/C40H44O9/c1-25(15-18-42-29-11-9-27-10-14-37(41)45-32(27)22-29)8-13-36-39(5,6)49-40(48-36)24-34(30-21-28-17-20-43-31(28)23-33(30)46-40)44-19-16-26(2)7-12-35-38(3,4)47-35/h9-11,14-17,20-24,35-36H,7-8,12-13,18-19H2,1-6H3/t35?,36-,40+/m1/s1. The van der Waals surface area contributed by atoms with E-state index in [9.17, 15) is 4.79 Å². The molecule has 258 valence electrons. The van der Waals surface area contributed by atoms with Crippen molar-refractivity contribution in [3.05, 3.63) is 100 Å². The summed E-state index contributed by atoms with van der Waals surface area (Å²) < 4.78 is 48.7. The largest absolute Gasteiger partial charge is 0.489 e. The summed E-state index contributed by atoms with van der Waals surface area (Å²) in [5.41, 5.74) is 3.41. The Morgan fingerprint density at radius 1 is 0.796 bits per heavy atom. The summed E-state index contributed by atoms with van der Waals surface area (Å²) in [4.78, 5) is 11.6. The van der Waals surface area contributed by atoms with Gasteiger partial charge in [0.15, 0.2) is 0 Å². The zero-order valence-electron chi connectivity index (χ0n) is 29.0. The van der Waals surface area contributed by atoms with Crippen LogP contribution in [0.4, 0.5) is 0 Å². The Balaban J connectivity index is 1.01. The van der Waals surface area contributed by atoms with Crippen LogP contribution >= 0.6 is 0 Å². The summed E-state index contributed by atoms with van der Waals surface area (Å²) in [5.74, 6) is 0.399. The zero-order chi connectivity index (χ0) is 34.4. The molecular formula is C40H44O9. The lowest BCUT2D eigenvalue weighted by atomic mass is 9.96. The van der Waals surface area contributed by atoms with Gasteiger partial charge in [0, 0.05) is 29.0 Å². The fourth-order valence-electron chi connectivity index (χ4n) is 6.47. The van der Waals surface area contributed by atoms with Crippen molar-refractivity contribution in [2.45, 2.75) is 96.6 Å². The normalized spacial score (nSPS) is 24.2. The minimum Gasteiger partial charge on any atom is -0.489 e. The molecule has 2 fully saturated rings. The number of rotatable bonds is 12. The van der Waals surface area contributed by atoms with Crippen LogP contribution in [0, 0.1) is 0 Å². The molecule has 0 saturated carbocycles. The topological polar surface area (TPSA) is 102 Å². The fourth-order valence-corrected chi connectivity index (χ4v) is 6.47. The van der Waals surface area contributed by atoms with Gasteiger partial charge in [0.05, 0.1) is 41.3 Å². The molecule has 0 radical (unpaired) electrons. The first-order valence-corrected chi connectivity index (χ1v) is 17.0. The van der Waals surface area contributed by atoms with Crippen molar-refractivity contribution in [2.75, 3.05) is 13.2 Å². The second kappa shape index (κ2) is 12.9. The Hall–Kier alpha value is -4.31. The third-order valence-corrected chi connectivity index (χ3v) is 9.58. The molecule has 2 aromatic heterocycles. The molecule has 0 N–H and O–H groups in total. The molecule has 3 aliphatic rings. The van der Waals surface area contributed by atoms with Crippen molar-refractivity contribution in [3.63, 3.8) is 0 Å². The van der Waals surface area contributed by atoms with Gasteiger partial charge in [-0.3, -0.25) is 0 Å². The van der Waals surface area contributed by atoms with Gasteiger partial charge in [-0.2, -0.15) is 0 Å². The molecule has 0 bridgehead atoms. The average Bonchev–Trinajstić information content (AvgIpc) is 3.31. The number of hydrogen-bond donors (Lipinski definition) is 0. The minimum absolute atomic E-state index is 0.00264. The molecule has 49 heavy (non-hydrogen) atoms. The van der Waals surface area contributed by atoms with Crippen LogP contribution in [0.1, 0.15) is 72.8 Å². The summed E-state index contributed by atoms with van der Waals surface area (Å²) >= 11 is 0. The first-order chi connectivity index (χ1) is 23.4. The predicted octanol–water partition coefficient (Wildman–Crippen LogP) is 8.85. The number of furan rings is 1. The van der Waals surface area contributed by atoms with Gasteiger partial charge < -0.3 is 37.3 Å². The monoisotopic (exact) mass is 668 g/mol. The van der Waals surface area contributed by atoms with Crippen molar-refractivity contribution in [1.29, 1.82) is 0 Å². The molecule has 1 unspecified atom stereocenters. The molecule has 7 rings (SSSR count). The van der Waals surface area contributed by atoms with Gasteiger partial charge >= 0.3 is 11.6 Å². The van der Waals surface area contributed by atoms with E-state index in [1.165, 1.54) is 11.6 Å². The number of hydrogen-bond acceptors (Lipinski definition) is 9. The first kappa shape index (κ1) is 33.2. The summed E-state index contributed by atoms with van der Waals surface area (Å²) in [6.45, 7) is 13.3. The number of epoxide rings is 1. The van der Waals surface area contributed by atoms with E-state index in [0.29, 0.717) is 54.2 Å². The maximum atomic E-state index is 11.6. The lowest BCUT2D eigenvalue weighted by molar-refractivity contribution is -0.271. The molecule has 9 heteroatoms. The van der Waals surface area contributed by atoms with Gasteiger partial charge in [0.2, 0.25) is 0 Å². The maximum Gasteiger partial charge on any atom is 0.354 e. The van der Waals surface area contributed by atoms with Crippen LogP contribution in [-0.2, 0) is 18.9 Å². The first-order valence-electron chi connectivity index (χ1n) is 17.0. The van der Waals surface area contributed by atoms with E-state index < -0.39 is 11.6 Å². The SMILES string of the molecule is CC(=CCOC1=C[C@]2(Oc3cc4occc4cc31)O[C@H](CCC(C)=CCOc1ccc3ccc(=O)oc3c1)C(C)(C)O2)CCC1OC1(C)C. The molecule has 2 saturated heterocycles. The number of benzene rings is 2. The van der Waals surface area contributed by atoms with E-state index in [2.05, 4.69) is 33.8 Å². The third-order valence-electron chi connectivity index (χ3n) is 9.58. The Morgan fingerprint density at radius 3 is 2.22 bits per heavy atom. The highest BCUT2D eigenvalue weighted by Crippen LogP contribution is 2.47. The van der Waals surface area contributed by atoms with Gasteiger partial charge in [0.1, 0.15) is 41.6 Å². The molecular weight excluding hydrogens is 624 g/mol. The summed E-state index contributed by atoms with van der Waals surface area (Å²) in [5, 5.41) is 1.80. The molecule has 5 heterocycles. The highest BCUT2D eigenvalue weighted by molar-refractivity contribution is 5.85. The zero-order valence-corrected chi connectivity index (χ0v) is 29.0. The molecule has 4 aromatic rings. The molecule has 0 aliphatic carbocycles. The van der Waals surface area contributed by atoms with E-state index in [1.54, 1.807) is 18.4 Å². The van der Waals surface area contributed by atoms with Gasteiger partial charge in [-0.05, 0) is 110 Å². The third kappa shape index (κ3) is 7.34. The van der Waals surface area contributed by atoms with E-state index >= 15 is 0 Å². The van der Waals surface area contributed by atoms with Gasteiger partial charge in [-0.25, -0.2) is 4.79 Å². The van der Waals surface area contributed by atoms with Gasteiger partial charge in [0.25, 0.3) is 0 Å². The van der Waals surface area contributed by atoms with Crippen LogP contribution in [0.2, 0.25) is 0 Å². The Bertz CT molecular complexity index is 2010. The lowest BCUT2D eigenvalue weighted by Gasteiger charge is -2.32. The van der Waals surface area contributed by atoms with Crippen molar-refractivity contribution < 1.29 is 37.3 Å². The molecule has 1 spiro atoms. The molecule has 2 aromatic carbocycles. The Kier molecular flexibility index (Phi) is 8.71. The van der Waals surface area contributed by atoms with Gasteiger partial charge in [-0.15, -0.1) is 0 Å². The van der Waals surface area contributed by atoms with E-state index in [1.807, 2.05) is 56.3 Å². The number of allylic oxidation sites excluding steroid dienone is 2. The molecule has 0 amide bonds. The predicted molar refractivity (Wildman–Crippen MR) is 186 cm³/mol. The average molecular weight is 669 g/mol. The lowest BCUT2D eigenvalue weighted by Crippen LogP contribution is -2.40. The van der Waals surface area contributed by atoms with Crippen molar-refractivity contribution >= 4 is 27.7 Å². The van der Waals surface area contributed by atoms with E-state index in [0.717, 1.165) is 41.2 Å². The van der Waals surface area contributed by atoms with Crippen molar-refractivity contribution in [2.24, 2.45) is 0 Å². The van der Waals surface area contributed by atoms with Crippen LogP contribution in [0.25, 0.3) is 27.7 Å². The fraction of sp³-hybridized carbons (Fsp3) is 0.425. The summed E-state index contributed by atoms with van der Waals surface area (Å²) in [7, 11) is 0. The van der Waals surface area contributed by atoms with Crippen LogP contribution in [0.5, 0.6) is 11.5 Å². The van der Waals surface area contributed by atoms with Crippen molar-refractivity contribution in [1.82, 2.24) is 0 Å². The van der Waals surface area contributed by atoms with Crippen LogP contribution in [0.3, 0.4) is 0 Å². The molecule has 3 atom stereocenters. The summed E-state index contributed by atoms with van der Waals surface area (Å²) in [6.07, 6.45) is 11.1. The second-order valence-electron chi connectivity index (χ2n) is 14.3. The molecule has 9 nitrogen and oxygen atoms in total. The second-order valence-corrected chi connectivity index (χ2v) is 14.3. The van der Waals surface area contributed by atoms with E-state index in [-0.39, 0.29) is 17.3 Å². The minimum atomic E-state index is -1.45. The van der Waals surface area contributed by atoms with Crippen LogP contribution in [-0.4, -0.2) is 42.6 Å². The highest BCUT2D eigenvalue weighted by atomic mass is 16.9.